The Balaban J connectivity index is 1.80. The van der Waals surface area contributed by atoms with Gasteiger partial charge in [0.1, 0.15) is 11.6 Å². The molecule has 0 aliphatic carbocycles. The highest BCUT2D eigenvalue weighted by atomic mass is 19.2. The van der Waals surface area contributed by atoms with E-state index in [1.807, 2.05) is 25.1 Å². The SMILES string of the molecule is COc1ccc(C)cc1Nc1cc(C(=O)Nc2ccc(F)c(F)c2)ccn1. The molecule has 1 heterocycles. The van der Waals surface area contributed by atoms with Crippen molar-refractivity contribution in [2.24, 2.45) is 0 Å². The number of rotatable bonds is 5. The first kappa shape index (κ1) is 18.3. The minimum absolute atomic E-state index is 0.158. The van der Waals surface area contributed by atoms with E-state index in [1.165, 1.54) is 18.3 Å². The summed E-state index contributed by atoms with van der Waals surface area (Å²) in [6.07, 6.45) is 1.48. The van der Waals surface area contributed by atoms with Crippen molar-refractivity contribution in [2.45, 2.75) is 6.92 Å². The van der Waals surface area contributed by atoms with Crippen LogP contribution >= 0.6 is 0 Å². The van der Waals surface area contributed by atoms with Gasteiger partial charge in [-0.1, -0.05) is 6.07 Å². The minimum atomic E-state index is -1.03. The molecule has 0 atom stereocenters. The molecule has 2 N–H and O–H groups in total. The molecule has 27 heavy (non-hydrogen) atoms. The number of hydrogen-bond acceptors (Lipinski definition) is 4. The summed E-state index contributed by atoms with van der Waals surface area (Å²) in [5.74, 6) is -1.40. The van der Waals surface area contributed by atoms with E-state index < -0.39 is 17.5 Å². The van der Waals surface area contributed by atoms with Gasteiger partial charge in [-0.2, -0.15) is 0 Å². The molecule has 1 amide bonds. The quantitative estimate of drug-likeness (QED) is 0.686. The highest BCUT2D eigenvalue weighted by Gasteiger charge is 2.11. The van der Waals surface area contributed by atoms with E-state index in [1.54, 1.807) is 13.2 Å². The van der Waals surface area contributed by atoms with E-state index in [0.29, 0.717) is 22.8 Å². The standard InChI is InChI=1S/C20H17F2N3O2/c1-12-3-6-18(27-2)17(9-12)25-19-10-13(7-8-23-19)20(26)24-14-4-5-15(21)16(22)11-14/h3-11H,1-2H3,(H,23,25)(H,24,26). The lowest BCUT2D eigenvalue weighted by atomic mass is 10.2. The van der Waals surface area contributed by atoms with E-state index in [2.05, 4.69) is 15.6 Å². The molecule has 5 nitrogen and oxygen atoms in total. The predicted molar refractivity (Wildman–Crippen MR) is 99.6 cm³/mol. The molecule has 7 heteroatoms. The third-order valence-electron chi connectivity index (χ3n) is 3.82. The fraction of sp³-hybridized carbons (Fsp3) is 0.100. The molecular formula is C20H17F2N3O2. The summed E-state index contributed by atoms with van der Waals surface area (Å²) in [5, 5.41) is 5.64. The molecule has 3 rings (SSSR count). The van der Waals surface area contributed by atoms with Gasteiger partial charge in [-0.3, -0.25) is 4.79 Å². The summed E-state index contributed by atoms with van der Waals surface area (Å²) in [5.41, 5.74) is 2.21. The number of hydrogen-bond donors (Lipinski definition) is 2. The fourth-order valence-electron chi connectivity index (χ4n) is 2.47. The Bertz CT molecular complexity index is 993. The molecule has 0 aliphatic heterocycles. The number of methoxy groups -OCH3 is 1. The Morgan fingerprint density at radius 2 is 1.85 bits per heavy atom. The fourth-order valence-corrected chi connectivity index (χ4v) is 2.47. The minimum Gasteiger partial charge on any atom is -0.495 e. The van der Waals surface area contributed by atoms with Crippen molar-refractivity contribution in [3.05, 3.63) is 77.5 Å². The van der Waals surface area contributed by atoms with E-state index >= 15 is 0 Å². The number of halogens is 2. The van der Waals surface area contributed by atoms with E-state index in [0.717, 1.165) is 17.7 Å². The maximum Gasteiger partial charge on any atom is 0.255 e. The number of carbonyl (C=O) groups is 1. The maximum atomic E-state index is 13.3. The Labute approximate surface area is 155 Å². The van der Waals surface area contributed by atoms with Crippen LogP contribution < -0.4 is 15.4 Å². The van der Waals surface area contributed by atoms with Crippen LogP contribution in [0.25, 0.3) is 0 Å². The lowest BCUT2D eigenvalue weighted by Crippen LogP contribution is -2.12. The molecule has 0 saturated heterocycles. The summed E-state index contributed by atoms with van der Waals surface area (Å²) < 4.78 is 31.6. The number of ether oxygens (including phenoxy) is 1. The van der Waals surface area contributed by atoms with Gasteiger partial charge < -0.3 is 15.4 Å². The van der Waals surface area contributed by atoms with Crippen LogP contribution in [-0.2, 0) is 0 Å². The number of aromatic nitrogens is 1. The van der Waals surface area contributed by atoms with E-state index in [4.69, 9.17) is 4.74 Å². The molecule has 0 radical (unpaired) electrons. The smallest absolute Gasteiger partial charge is 0.255 e. The van der Waals surface area contributed by atoms with Gasteiger partial charge in [-0.15, -0.1) is 0 Å². The van der Waals surface area contributed by atoms with Gasteiger partial charge in [0.05, 0.1) is 12.8 Å². The molecule has 2 aromatic carbocycles. The first-order chi connectivity index (χ1) is 13.0. The van der Waals surface area contributed by atoms with Gasteiger partial charge in [0.25, 0.3) is 5.91 Å². The second-order valence-electron chi connectivity index (χ2n) is 5.84. The van der Waals surface area contributed by atoms with Gasteiger partial charge in [0.2, 0.25) is 0 Å². The maximum absolute atomic E-state index is 13.3. The van der Waals surface area contributed by atoms with Crippen LogP contribution in [0.1, 0.15) is 15.9 Å². The molecular weight excluding hydrogens is 352 g/mol. The average Bonchev–Trinajstić information content (AvgIpc) is 2.65. The largest absolute Gasteiger partial charge is 0.495 e. The van der Waals surface area contributed by atoms with Crippen molar-refractivity contribution < 1.29 is 18.3 Å². The number of benzene rings is 2. The van der Waals surface area contributed by atoms with Gasteiger partial charge in [0.15, 0.2) is 11.6 Å². The number of pyridine rings is 1. The Morgan fingerprint density at radius 3 is 2.59 bits per heavy atom. The van der Waals surface area contributed by atoms with Gasteiger partial charge in [0, 0.05) is 23.5 Å². The van der Waals surface area contributed by atoms with Crippen LogP contribution in [0.3, 0.4) is 0 Å². The molecule has 1 aromatic heterocycles. The number of aryl methyl sites for hydroxylation is 1. The van der Waals surface area contributed by atoms with Crippen LogP contribution in [0.5, 0.6) is 5.75 Å². The molecule has 138 valence electrons. The number of nitrogens with one attached hydrogen (secondary N) is 2. The predicted octanol–water partition coefficient (Wildman–Crippen LogP) is 4.67. The lowest BCUT2D eigenvalue weighted by Gasteiger charge is -2.12. The van der Waals surface area contributed by atoms with E-state index in [-0.39, 0.29) is 5.69 Å². The first-order valence-corrected chi connectivity index (χ1v) is 8.10. The summed E-state index contributed by atoms with van der Waals surface area (Å²) in [4.78, 5) is 16.6. The van der Waals surface area contributed by atoms with Crippen LogP contribution in [0.4, 0.5) is 26.0 Å². The number of nitrogens with zero attached hydrogens (tertiary/aromatic N) is 1. The number of amides is 1. The van der Waals surface area contributed by atoms with Crippen LogP contribution in [-0.4, -0.2) is 18.0 Å². The zero-order valence-electron chi connectivity index (χ0n) is 14.7. The summed E-state index contributed by atoms with van der Waals surface area (Å²) in [6, 6.07) is 11.9. The van der Waals surface area contributed by atoms with Gasteiger partial charge >= 0.3 is 0 Å². The normalized spacial score (nSPS) is 10.4. The third-order valence-corrected chi connectivity index (χ3v) is 3.82. The molecule has 0 fully saturated rings. The van der Waals surface area contributed by atoms with Crippen molar-refractivity contribution in [3.8, 4) is 5.75 Å². The molecule has 3 aromatic rings. The molecule has 0 aliphatic rings. The molecule has 0 unspecified atom stereocenters. The van der Waals surface area contributed by atoms with Crippen molar-refractivity contribution in [3.63, 3.8) is 0 Å². The zero-order chi connectivity index (χ0) is 19.4. The van der Waals surface area contributed by atoms with Crippen LogP contribution in [0.2, 0.25) is 0 Å². The molecule has 0 bridgehead atoms. The third kappa shape index (κ3) is 4.38. The van der Waals surface area contributed by atoms with Crippen molar-refractivity contribution in [1.82, 2.24) is 4.98 Å². The Hall–Kier alpha value is -3.48. The van der Waals surface area contributed by atoms with Crippen molar-refractivity contribution >= 4 is 23.1 Å². The van der Waals surface area contributed by atoms with Gasteiger partial charge in [-0.25, -0.2) is 13.8 Å². The second kappa shape index (κ2) is 7.82. The van der Waals surface area contributed by atoms with Gasteiger partial charge in [-0.05, 0) is 48.9 Å². The summed E-state index contributed by atoms with van der Waals surface area (Å²) in [7, 11) is 1.56. The van der Waals surface area contributed by atoms with Crippen LogP contribution in [0.15, 0.2) is 54.7 Å². The highest BCUT2D eigenvalue weighted by molar-refractivity contribution is 6.04. The Kier molecular flexibility index (Phi) is 5.30. The summed E-state index contributed by atoms with van der Waals surface area (Å²) in [6.45, 7) is 1.95. The van der Waals surface area contributed by atoms with Crippen molar-refractivity contribution in [1.29, 1.82) is 0 Å². The lowest BCUT2D eigenvalue weighted by molar-refractivity contribution is 0.102. The summed E-state index contributed by atoms with van der Waals surface area (Å²) >= 11 is 0. The zero-order valence-corrected chi connectivity index (χ0v) is 14.7. The second-order valence-corrected chi connectivity index (χ2v) is 5.84. The number of carbonyl (C=O) groups excluding carboxylic acids is 1. The van der Waals surface area contributed by atoms with E-state index in [9.17, 15) is 13.6 Å². The number of anilines is 3. The first-order valence-electron chi connectivity index (χ1n) is 8.10. The monoisotopic (exact) mass is 369 g/mol. The molecule has 0 spiro atoms. The van der Waals surface area contributed by atoms with Crippen molar-refractivity contribution in [2.75, 3.05) is 17.7 Å². The van der Waals surface area contributed by atoms with Crippen LogP contribution in [0, 0.1) is 18.6 Å². The average molecular weight is 369 g/mol. The topological polar surface area (TPSA) is 63.2 Å². The molecule has 0 saturated carbocycles. The Morgan fingerprint density at radius 1 is 1.04 bits per heavy atom. The highest BCUT2D eigenvalue weighted by Crippen LogP contribution is 2.28.